The van der Waals surface area contributed by atoms with Crippen LogP contribution in [0.2, 0.25) is 0 Å². The van der Waals surface area contributed by atoms with Gasteiger partial charge < -0.3 is 10.4 Å². The van der Waals surface area contributed by atoms with E-state index >= 15 is 0 Å². The topological polar surface area (TPSA) is 45.1 Å². The van der Waals surface area contributed by atoms with Crippen LogP contribution in [0.5, 0.6) is 0 Å². The number of hydrogen-bond acceptors (Lipinski definition) is 4. The Labute approximate surface area is 102 Å². The van der Waals surface area contributed by atoms with E-state index in [0.29, 0.717) is 12.3 Å². The molecule has 1 rings (SSSR count). The van der Waals surface area contributed by atoms with Crippen molar-refractivity contribution in [2.75, 3.05) is 13.1 Å². The van der Waals surface area contributed by atoms with Crippen LogP contribution in [-0.4, -0.2) is 28.8 Å². The molecule has 0 spiro atoms. The van der Waals surface area contributed by atoms with Crippen molar-refractivity contribution in [2.45, 2.75) is 39.2 Å². The molecule has 2 N–H and O–H groups in total. The lowest BCUT2D eigenvalue weighted by molar-refractivity contribution is 0.0521. The van der Waals surface area contributed by atoms with E-state index in [9.17, 15) is 5.11 Å². The first-order chi connectivity index (χ1) is 7.49. The SMILES string of the molecule is CC(C)CNCCC(C)(O)Cc1cncs1. The molecule has 16 heavy (non-hydrogen) atoms. The molecule has 0 fully saturated rings. The maximum Gasteiger partial charge on any atom is 0.0794 e. The first-order valence-corrected chi connectivity index (χ1v) is 6.68. The fourth-order valence-corrected chi connectivity index (χ4v) is 2.31. The number of nitrogens with one attached hydrogen (secondary N) is 1. The van der Waals surface area contributed by atoms with Gasteiger partial charge >= 0.3 is 0 Å². The van der Waals surface area contributed by atoms with Crippen molar-refractivity contribution in [1.29, 1.82) is 0 Å². The third-order valence-electron chi connectivity index (χ3n) is 2.43. The molecule has 0 aromatic carbocycles. The number of nitrogens with zero attached hydrogens (tertiary/aromatic N) is 1. The van der Waals surface area contributed by atoms with Crippen LogP contribution in [0.25, 0.3) is 0 Å². The quantitative estimate of drug-likeness (QED) is 0.720. The second-order valence-corrected chi connectivity index (χ2v) is 5.96. The molecule has 3 nitrogen and oxygen atoms in total. The van der Waals surface area contributed by atoms with E-state index in [1.54, 1.807) is 11.3 Å². The van der Waals surface area contributed by atoms with Crippen LogP contribution in [0.3, 0.4) is 0 Å². The molecule has 1 aromatic heterocycles. The monoisotopic (exact) mass is 242 g/mol. The number of thiazole rings is 1. The number of hydrogen-bond donors (Lipinski definition) is 2. The highest BCUT2D eigenvalue weighted by molar-refractivity contribution is 7.09. The van der Waals surface area contributed by atoms with E-state index in [-0.39, 0.29) is 0 Å². The van der Waals surface area contributed by atoms with Gasteiger partial charge in [-0.25, -0.2) is 0 Å². The molecule has 0 aliphatic heterocycles. The van der Waals surface area contributed by atoms with Crippen molar-refractivity contribution in [3.63, 3.8) is 0 Å². The Morgan fingerprint density at radius 3 is 2.88 bits per heavy atom. The molecule has 0 bridgehead atoms. The summed E-state index contributed by atoms with van der Waals surface area (Å²) in [5.41, 5.74) is 1.18. The van der Waals surface area contributed by atoms with Crippen molar-refractivity contribution < 1.29 is 5.11 Å². The summed E-state index contributed by atoms with van der Waals surface area (Å²) in [5.74, 6) is 0.659. The third-order valence-corrected chi connectivity index (χ3v) is 3.21. The first-order valence-electron chi connectivity index (χ1n) is 5.80. The Morgan fingerprint density at radius 2 is 2.31 bits per heavy atom. The van der Waals surface area contributed by atoms with E-state index in [0.717, 1.165) is 24.4 Å². The Balaban J connectivity index is 2.23. The second kappa shape index (κ2) is 6.33. The summed E-state index contributed by atoms with van der Waals surface area (Å²) in [6.45, 7) is 8.13. The zero-order chi connectivity index (χ0) is 12.0. The minimum Gasteiger partial charge on any atom is -0.390 e. The maximum absolute atomic E-state index is 10.2. The van der Waals surface area contributed by atoms with Crippen LogP contribution in [0.15, 0.2) is 11.7 Å². The van der Waals surface area contributed by atoms with Gasteiger partial charge in [0.2, 0.25) is 0 Å². The van der Waals surface area contributed by atoms with Gasteiger partial charge in [0.15, 0.2) is 0 Å². The summed E-state index contributed by atoms with van der Waals surface area (Å²) in [4.78, 5) is 5.16. The summed E-state index contributed by atoms with van der Waals surface area (Å²) >= 11 is 1.60. The lowest BCUT2D eigenvalue weighted by Crippen LogP contribution is -2.33. The molecule has 0 radical (unpaired) electrons. The summed E-state index contributed by atoms with van der Waals surface area (Å²) < 4.78 is 0. The highest BCUT2D eigenvalue weighted by Crippen LogP contribution is 2.18. The number of aromatic nitrogens is 1. The first kappa shape index (κ1) is 13.6. The lowest BCUT2D eigenvalue weighted by atomic mass is 9.97. The zero-order valence-corrected chi connectivity index (χ0v) is 11.2. The molecule has 4 heteroatoms. The van der Waals surface area contributed by atoms with Gasteiger partial charge in [-0.05, 0) is 32.4 Å². The molecule has 0 aliphatic rings. The summed E-state index contributed by atoms with van der Waals surface area (Å²) in [6.07, 6.45) is 3.30. The average molecular weight is 242 g/mol. The fraction of sp³-hybridized carbons (Fsp3) is 0.750. The average Bonchev–Trinajstić information content (AvgIpc) is 2.64. The van der Waals surface area contributed by atoms with Gasteiger partial charge in [0, 0.05) is 17.5 Å². The van der Waals surface area contributed by atoms with Gasteiger partial charge in [-0.2, -0.15) is 0 Å². The Kier molecular flexibility index (Phi) is 5.38. The molecule has 0 saturated heterocycles. The molecular formula is C12H22N2OS. The molecule has 0 saturated carbocycles. The highest BCUT2D eigenvalue weighted by Gasteiger charge is 2.21. The van der Waals surface area contributed by atoms with Crippen molar-refractivity contribution in [1.82, 2.24) is 10.3 Å². The smallest absolute Gasteiger partial charge is 0.0794 e. The van der Waals surface area contributed by atoms with E-state index in [2.05, 4.69) is 24.1 Å². The predicted molar refractivity (Wildman–Crippen MR) is 68.8 cm³/mol. The van der Waals surface area contributed by atoms with Crippen LogP contribution in [0.1, 0.15) is 32.1 Å². The largest absolute Gasteiger partial charge is 0.390 e. The van der Waals surface area contributed by atoms with Crippen LogP contribution in [0.4, 0.5) is 0 Å². The van der Waals surface area contributed by atoms with Gasteiger partial charge in [0.25, 0.3) is 0 Å². The predicted octanol–water partition coefficient (Wildman–Crippen LogP) is 2.07. The zero-order valence-electron chi connectivity index (χ0n) is 10.4. The van der Waals surface area contributed by atoms with Gasteiger partial charge in [0.05, 0.1) is 11.1 Å². The van der Waals surface area contributed by atoms with Crippen molar-refractivity contribution in [3.05, 3.63) is 16.6 Å². The van der Waals surface area contributed by atoms with Gasteiger partial charge in [0.1, 0.15) is 0 Å². The molecule has 1 heterocycles. The molecular weight excluding hydrogens is 220 g/mol. The second-order valence-electron chi connectivity index (χ2n) is 4.99. The summed E-state index contributed by atoms with van der Waals surface area (Å²) in [5, 5.41) is 13.5. The van der Waals surface area contributed by atoms with E-state index in [1.165, 1.54) is 0 Å². The van der Waals surface area contributed by atoms with Crippen molar-refractivity contribution >= 4 is 11.3 Å². The van der Waals surface area contributed by atoms with Crippen molar-refractivity contribution in [3.8, 4) is 0 Å². The minimum absolute atomic E-state index is 0.628. The number of rotatable bonds is 7. The van der Waals surface area contributed by atoms with E-state index in [1.807, 2.05) is 18.6 Å². The van der Waals surface area contributed by atoms with Gasteiger partial charge in [-0.1, -0.05) is 13.8 Å². The number of aliphatic hydroxyl groups is 1. The van der Waals surface area contributed by atoms with Gasteiger partial charge in [-0.3, -0.25) is 4.98 Å². The van der Waals surface area contributed by atoms with Crippen LogP contribution in [-0.2, 0) is 6.42 Å². The molecule has 92 valence electrons. The minimum atomic E-state index is -0.628. The normalized spacial score (nSPS) is 15.3. The molecule has 1 atom stereocenters. The Morgan fingerprint density at radius 1 is 1.56 bits per heavy atom. The molecule has 1 unspecified atom stereocenters. The maximum atomic E-state index is 10.2. The lowest BCUT2D eigenvalue weighted by Gasteiger charge is -2.22. The fourth-order valence-electron chi connectivity index (χ4n) is 1.54. The van der Waals surface area contributed by atoms with Gasteiger partial charge in [-0.15, -0.1) is 11.3 Å². The Hall–Kier alpha value is -0.450. The molecule has 0 amide bonds. The summed E-state index contributed by atoms with van der Waals surface area (Å²) in [6, 6.07) is 0. The van der Waals surface area contributed by atoms with Crippen molar-refractivity contribution in [2.24, 2.45) is 5.92 Å². The third kappa shape index (κ3) is 5.58. The standard InChI is InChI=1S/C12H22N2OS/c1-10(2)7-13-5-4-12(3,15)6-11-8-14-9-16-11/h8-10,13,15H,4-7H2,1-3H3. The Bertz CT molecular complexity index is 283. The van der Waals surface area contributed by atoms with E-state index in [4.69, 9.17) is 0 Å². The highest BCUT2D eigenvalue weighted by atomic mass is 32.1. The van der Waals surface area contributed by atoms with Crippen LogP contribution in [0, 0.1) is 5.92 Å². The molecule has 0 aliphatic carbocycles. The van der Waals surface area contributed by atoms with E-state index < -0.39 is 5.60 Å². The summed E-state index contributed by atoms with van der Waals surface area (Å²) in [7, 11) is 0. The van der Waals surface area contributed by atoms with Crippen LogP contribution < -0.4 is 5.32 Å². The van der Waals surface area contributed by atoms with Crippen LogP contribution >= 0.6 is 11.3 Å². The molecule has 1 aromatic rings.